The second kappa shape index (κ2) is 6.38. The maximum absolute atomic E-state index is 11.5. The quantitative estimate of drug-likeness (QED) is 0.485. The smallest absolute Gasteiger partial charge is 0.341 e. The van der Waals surface area contributed by atoms with Crippen molar-refractivity contribution in [2.75, 3.05) is 13.7 Å². The van der Waals surface area contributed by atoms with Crippen LogP contribution in [0.1, 0.15) is 17.3 Å². The van der Waals surface area contributed by atoms with Gasteiger partial charge in [-0.25, -0.2) is 4.79 Å². The fourth-order valence-electron chi connectivity index (χ4n) is 1.08. The minimum atomic E-state index is -0.405. The first-order valence-corrected chi connectivity index (χ1v) is 5.67. The minimum Gasteiger partial charge on any atom is -0.480 e. The lowest BCUT2D eigenvalue weighted by Gasteiger charge is -2.08. The summed E-state index contributed by atoms with van der Waals surface area (Å²) in [5.41, 5.74) is 0.423. The number of hydrogen-bond acceptors (Lipinski definition) is 3. The first kappa shape index (κ1) is 12.8. The minimum absolute atomic E-state index is 0.265. The van der Waals surface area contributed by atoms with Crippen molar-refractivity contribution in [2.24, 2.45) is 0 Å². The molecule has 0 amide bonds. The number of ether oxygens (including phenoxy) is 2. The van der Waals surface area contributed by atoms with Gasteiger partial charge in [-0.05, 0) is 47.7 Å². The van der Waals surface area contributed by atoms with Gasteiger partial charge in [0.05, 0.1) is 7.11 Å². The number of carbonyl (C=O) groups excluding carboxylic acids is 1. The van der Waals surface area contributed by atoms with Crippen molar-refractivity contribution in [1.29, 1.82) is 0 Å². The van der Waals surface area contributed by atoms with Crippen LogP contribution >= 0.6 is 22.6 Å². The van der Waals surface area contributed by atoms with Crippen LogP contribution in [0.25, 0.3) is 0 Å². The molecule has 0 aromatic heterocycles. The standard InChI is InChI=1S/C12H11IO3/c1-3-4-7-16-11-6-5-9(13)8-10(11)12(14)15-2/h5-6,8H,7H2,1-2H3. The van der Waals surface area contributed by atoms with Crippen LogP contribution in [-0.4, -0.2) is 19.7 Å². The van der Waals surface area contributed by atoms with Crippen molar-refractivity contribution < 1.29 is 14.3 Å². The van der Waals surface area contributed by atoms with E-state index >= 15 is 0 Å². The zero-order valence-electron chi connectivity index (χ0n) is 9.04. The highest BCUT2D eigenvalue weighted by molar-refractivity contribution is 14.1. The number of rotatable bonds is 3. The van der Waals surface area contributed by atoms with E-state index in [4.69, 9.17) is 4.74 Å². The van der Waals surface area contributed by atoms with Gasteiger partial charge < -0.3 is 9.47 Å². The predicted octanol–water partition coefficient (Wildman–Crippen LogP) is 2.48. The average Bonchev–Trinajstić information content (AvgIpc) is 2.30. The lowest BCUT2D eigenvalue weighted by Crippen LogP contribution is -2.06. The number of halogens is 1. The Morgan fingerprint density at radius 3 is 2.88 bits per heavy atom. The topological polar surface area (TPSA) is 35.5 Å². The highest BCUT2D eigenvalue weighted by Crippen LogP contribution is 2.21. The van der Waals surface area contributed by atoms with Crippen LogP contribution in [0.2, 0.25) is 0 Å². The van der Waals surface area contributed by atoms with Crippen LogP contribution in [0.3, 0.4) is 0 Å². The Morgan fingerprint density at radius 2 is 2.25 bits per heavy atom. The molecule has 0 N–H and O–H groups in total. The molecule has 0 bridgehead atoms. The molecule has 0 saturated carbocycles. The highest BCUT2D eigenvalue weighted by atomic mass is 127. The molecule has 4 heteroatoms. The molecule has 1 rings (SSSR count). The molecule has 3 nitrogen and oxygen atoms in total. The lowest BCUT2D eigenvalue weighted by molar-refractivity contribution is 0.0596. The molecular formula is C12H11IO3. The van der Waals surface area contributed by atoms with Crippen LogP contribution in [0, 0.1) is 15.4 Å². The van der Waals surface area contributed by atoms with E-state index < -0.39 is 5.97 Å². The van der Waals surface area contributed by atoms with E-state index in [1.165, 1.54) is 7.11 Å². The van der Waals surface area contributed by atoms with Crippen LogP contribution in [-0.2, 0) is 4.74 Å². The summed E-state index contributed by atoms with van der Waals surface area (Å²) in [5.74, 6) is 5.58. The van der Waals surface area contributed by atoms with Crippen LogP contribution in [0.4, 0.5) is 0 Å². The molecule has 1 aromatic carbocycles. The number of carbonyl (C=O) groups is 1. The fraction of sp³-hybridized carbons (Fsp3) is 0.250. The average molecular weight is 330 g/mol. The summed E-state index contributed by atoms with van der Waals surface area (Å²) in [7, 11) is 1.35. The molecule has 0 fully saturated rings. The van der Waals surface area contributed by atoms with E-state index in [1.54, 1.807) is 19.1 Å². The Bertz CT molecular complexity index is 443. The van der Waals surface area contributed by atoms with Gasteiger partial charge >= 0.3 is 5.97 Å². The number of methoxy groups -OCH3 is 1. The summed E-state index contributed by atoms with van der Waals surface area (Å²) in [6, 6.07) is 5.33. The summed E-state index contributed by atoms with van der Waals surface area (Å²) in [6.45, 7) is 2.00. The largest absolute Gasteiger partial charge is 0.480 e. The number of hydrogen-bond donors (Lipinski definition) is 0. The van der Waals surface area contributed by atoms with Crippen molar-refractivity contribution in [3.63, 3.8) is 0 Å². The van der Waals surface area contributed by atoms with Crippen LogP contribution in [0.5, 0.6) is 5.75 Å². The molecule has 1 aromatic rings. The van der Waals surface area contributed by atoms with Gasteiger partial charge in [0.15, 0.2) is 0 Å². The summed E-state index contributed by atoms with van der Waals surface area (Å²) >= 11 is 2.13. The zero-order valence-corrected chi connectivity index (χ0v) is 11.2. The molecule has 0 aliphatic carbocycles. The third kappa shape index (κ3) is 3.42. The van der Waals surface area contributed by atoms with E-state index in [0.717, 1.165) is 3.57 Å². The first-order chi connectivity index (χ1) is 7.69. The van der Waals surface area contributed by atoms with Gasteiger partial charge in [-0.3, -0.25) is 0 Å². The van der Waals surface area contributed by atoms with Crippen molar-refractivity contribution in [1.82, 2.24) is 0 Å². The maximum Gasteiger partial charge on any atom is 0.341 e. The second-order valence-electron chi connectivity index (χ2n) is 2.85. The summed E-state index contributed by atoms with van der Waals surface area (Å²) in [6.07, 6.45) is 0. The van der Waals surface area contributed by atoms with Crippen molar-refractivity contribution >= 4 is 28.6 Å². The van der Waals surface area contributed by atoms with E-state index in [2.05, 4.69) is 39.2 Å². The van der Waals surface area contributed by atoms with E-state index in [1.807, 2.05) is 6.07 Å². The first-order valence-electron chi connectivity index (χ1n) is 4.59. The van der Waals surface area contributed by atoms with Gasteiger partial charge in [0.1, 0.15) is 17.9 Å². The molecule has 0 saturated heterocycles. The summed E-state index contributed by atoms with van der Waals surface area (Å²) in [5, 5.41) is 0. The normalized spacial score (nSPS) is 8.94. The number of benzene rings is 1. The van der Waals surface area contributed by atoms with Gasteiger partial charge in [-0.2, -0.15) is 0 Å². The Hall–Kier alpha value is -1.22. The molecular weight excluding hydrogens is 319 g/mol. The van der Waals surface area contributed by atoms with Gasteiger partial charge in [0, 0.05) is 3.57 Å². The Labute approximate surface area is 108 Å². The maximum atomic E-state index is 11.5. The van der Waals surface area contributed by atoms with E-state index in [9.17, 15) is 4.79 Å². The van der Waals surface area contributed by atoms with Crippen molar-refractivity contribution in [3.8, 4) is 17.6 Å². The molecule has 0 unspecified atom stereocenters. The van der Waals surface area contributed by atoms with Gasteiger partial charge in [-0.1, -0.05) is 5.92 Å². The van der Waals surface area contributed by atoms with Crippen LogP contribution < -0.4 is 4.74 Å². The fourth-order valence-corrected chi connectivity index (χ4v) is 1.57. The van der Waals surface area contributed by atoms with E-state index in [0.29, 0.717) is 11.3 Å². The molecule has 0 spiro atoms. The predicted molar refractivity (Wildman–Crippen MR) is 69.4 cm³/mol. The van der Waals surface area contributed by atoms with Crippen molar-refractivity contribution in [3.05, 3.63) is 27.3 Å². The highest BCUT2D eigenvalue weighted by Gasteiger charge is 2.13. The second-order valence-corrected chi connectivity index (χ2v) is 4.09. The molecule has 0 atom stereocenters. The molecule has 84 valence electrons. The number of esters is 1. The molecule has 0 radical (unpaired) electrons. The van der Waals surface area contributed by atoms with Crippen LogP contribution in [0.15, 0.2) is 18.2 Å². The zero-order chi connectivity index (χ0) is 12.0. The molecule has 0 aliphatic heterocycles. The Balaban J connectivity index is 2.96. The SMILES string of the molecule is CC#CCOc1ccc(I)cc1C(=O)OC. The third-order valence-electron chi connectivity index (χ3n) is 1.82. The third-order valence-corrected chi connectivity index (χ3v) is 2.49. The monoisotopic (exact) mass is 330 g/mol. The molecule has 0 heterocycles. The molecule has 16 heavy (non-hydrogen) atoms. The van der Waals surface area contributed by atoms with E-state index in [-0.39, 0.29) is 6.61 Å². The lowest BCUT2D eigenvalue weighted by atomic mass is 10.2. The summed E-state index contributed by atoms with van der Waals surface area (Å²) in [4.78, 5) is 11.5. The van der Waals surface area contributed by atoms with Gasteiger partial charge in [-0.15, -0.1) is 5.92 Å². The Kier molecular flexibility index (Phi) is 5.12. The van der Waals surface area contributed by atoms with Gasteiger partial charge in [0.25, 0.3) is 0 Å². The van der Waals surface area contributed by atoms with Crippen molar-refractivity contribution in [2.45, 2.75) is 6.92 Å². The Morgan fingerprint density at radius 1 is 1.50 bits per heavy atom. The summed E-state index contributed by atoms with van der Waals surface area (Å²) < 4.78 is 11.0. The molecule has 0 aliphatic rings. The van der Waals surface area contributed by atoms with Gasteiger partial charge in [0.2, 0.25) is 0 Å².